The van der Waals surface area contributed by atoms with Gasteiger partial charge in [-0.05, 0) is 92.4 Å². The van der Waals surface area contributed by atoms with E-state index in [4.69, 9.17) is 9.47 Å². The van der Waals surface area contributed by atoms with Crippen LogP contribution in [0.15, 0.2) is 83.9 Å². The second-order valence-corrected chi connectivity index (χ2v) is 14.2. The number of carbonyl (C=O) groups excluding carboxylic acids is 1. The maximum Gasteiger partial charge on any atom is 0.355 e. The minimum Gasteiger partial charge on any atom is -0.461 e. The number of benzene rings is 3. The Kier molecular flexibility index (Phi) is 10.2. The van der Waals surface area contributed by atoms with Crippen LogP contribution in [0.5, 0.6) is 11.5 Å². The van der Waals surface area contributed by atoms with E-state index in [9.17, 15) is 17.6 Å². The Morgan fingerprint density at radius 2 is 1.77 bits per heavy atom. The monoisotopic (exact) mass is 674 g/mol. The molecule has 0 amide bonds. The number of halogens is 1. The molecule has 11 nitrogen and oxygen atoms in total. The van der Waals surface area contributed by atoms with Crippen LogP contribution in [0.3, 0.4) is 0 Å². The average molecular weight is 675 g/mol. The molecule has 13 heteroatoms. The van der Waals surface area contributed by atoms with Gasteiger partial charge in [-0.25, -0.2) is 22.3 Å². The largest absolute Gasteiger partial charge is 0.461 e. The SMILES string of the molecule is CC(C)COC(=O)c1[nH]c2ccc(F)cc2c1-c1cn(CC2CCN(CCNS(=O)(=O)c3ccc(Oc4ccccc4)cc3)CC2)nn1. The Balaban J connectivity index is 1.00. The second kappa shape index (κ2) is 14.7. The minimum atomic E-state index is -3.65. The molecular formula is C35H39FN6O5S. The zero-order chi connectivity index (χ0) is 33.7. The third kappa shape index (κ3) is 8.09. The number of H-pyrrole nitrogens is 1. The topological polar surface area (TPSA) is 131 Å². The fourth-order valence-electron chi connectivity index (χ4n) is 5.79. The van der Waals surface area contributed by atoms with Gasteiger partial charge in [-0.15, -0.1) is 5.10 Å². The number of para-hydroxylation sites is 1. The maximum atomic E-state index is 14.2. The highest BCUT2D eigenvalue weighted by Gasteiger charge is 2.25. The van der Waals surface area contributed by atoms with Crippen LogP contribution in [-0.4, -0.2) is 72.1 Å². The molecule has 48 heavy (non-hydrogen) atoms. The van der Waals surface area contributed by atoms with Crippen LogP contribution in [0.2, 0.25) is 0 Å². The molecule has 1 aliphatic heterocycles. The first-order chi connectivity index (χ1) is 23.1. The summed E-state index contributed by atoms with van der Waals surface area (Å²) >= 11 is 0. The third-order valence-corrected chi connectivity index (χ3v) is 9.77. The van der Waals surface area contributed by atoms with Crippen LogP contribution in [0.4, 0.5) is 4.39 Å². The highest BCUT2D eigenvalue weighted by molar-refractivity contribution is 7.89. The van der Waals surface area contributed by atoms with E-state index in [1.54, 1.807) is 29.1 Å². The zero-order valence-corrected chi connectivity index (χ0v) is 27.7. The fourth-order valence-corrected chi connectivity index (χ4v) is 6.81. The molecule has 6 rings (SSSR count). The van der Waals surface area contributed by atoms with Gasteiger partial charge in [-0.1, -0.05) is 37.3 Å². The van der Waals surface area contributed by atoms with Crippen LogP contribution in [-0.2, 0) is 21.3 Å². The summed E-state index contributed by atoms with van der Waals surface area (Å²) in [5.41, 5.74) is 1.77. The number of nitrogens with zero attached hydrogens (tertiary/aromatic N) is 4. The van der Waals surface area contributed by atoms with E-state index in [1.807, 2.05) is 44.2 Å². The van der Waals surface area contributed by atoms with E-state index in [0.29, 0.717) is 59.2 Å². The van der Waals surface area contributed by atoms with Crippen molar-refractivity contribution in [2.75, 3.05) is 32.8 Å². The number of fused-ring (bicyclic) bond motifs is 1. The molecule has 0 radical (unpaired) electrons. The summed E-state index contributed by atoms with van der Waals surface area (Å²) in [6, 6.07) is 20.0. The lowest BCUT2D eigenvalue weighted by atomic mass is 9.97. The number of rotatable bonds is 13. The molecule has 0 atom stereocenters. The molecule has 0 spiro atoms. The van der Waals surface area contributed by atoms with Crippen molar-refractivity contribution in [2.24, 2.45) is 11.8 Å². The highest BCUT2D eigenvalue weighted by atomic mass is 32.2. The summed E-state index contributed by atoms with van der Waals surface area (Å²) < 4.78 is 55.6. The molecule has 2 N–H and O–H groups in total. The van der Waals surface area contributed by atoms with Crippen molar-refractivity contribution >= 4 is 26.9 Å². The van der Waals surface area contributed by atoms with Crippen molar-refractivity contribution in [3.05, 3.63) is 90.5 Å². The number of esters is 1. The number of sulfonamides is 1. The molecule has 0 bridgehead atoms. The van der Waals surface area contributed by atoms with E-state index in [-0.39, 0.29) is 23.1 Å². The first-order valence-corrected chi connectivity index (χ1v) is 17.6. The Morgan fingerprint density at radius 1 is 1.04 bits per heavy atom. The molecule has 3 aromatic carbocycles. The lowest BCUT2D eigenvalue weighted by Crippen LogP contribution is -2.40. The Hall–Kier alpha value is -4.59. The van der Waals surface area contributed by atoms with Crippen molar-refractivity contribution < 1.29 is 27.1 Å². The molecule has 3 heterocycles. The van der Waals surface area contributed by atoms with Gasteiger partial charge in [0.15, 0.2) is 0 Å². The van der Waals surface area contributed by atoms with Crippen molar-refractivity contribution in [3.8, 4) is 22.8 Å². The molecule has 1 aliphatic rings. The molecule has 5 aromatic rings. The number of likely N-dealkylation sites (tertiary alicyclic amines) is 1. The molecule has 2 aromatic heterocycles. The second-order valence-electron chi connectivity index (χ2n) is 12.5. The van der Waals surface area contributed by atoms with Crippen molar-refractivity contribution in [1.29, 1.82) is 0 Å². The van der Waals surface area contributed by atoms with E-state index in [2.05, 4.69) is 24.9 Å². The third-order valence-electron chi connectivity index (χ3n) is 8.29. The normalized spacial score (nSPS) is 14.5. The van der Waals surface area contributed by atoms with Gasteiger partial charge in [0.05, 0.1) is 17.7 Å². The molecule has 0 saturated carbocycles. The molecular weight excluding hydrogens is 635 g/mol. The number of piperidine rings is 1. The summed E-state index contributed by atoms with van der Waals surface area (Å²) in [6.07, 6.45) is 3.61. The van der Waals surface area contributed by atoms with Gasteiger partial charge in [0.25, 0.3) is 0 Å². The predicted octanol–water partition coefficient (Wildman–Crippen LogP) is 5.86. The summed E-state index contributed by atoms with van der Waals surface area (Å²) in [7, 11) is -3.65. The number of hydrogen-bond acceptors (Lipinski definition) is 8. The average Bonchev–Trinajstić information content (AvgIpc) is 3.69. The van der Waals surface area contributed by atoms with Crippen LogP contribution in [0.25, 0.3) is 22.2 Å². The number of hydrogen-bond donors (Lipinski definition) is 2. The van der Waals surface area contributed by atoms with Gasteiger partial charge in [0.2, 0.25) is 10.0 Å². The molecule has 252 valence electrons. The number of aromatic amines is 1. The Bertz CT molecular complexity index is 1950. The van der Waals surface area contributed by atoms with Gasteiger partial charge in [0, 0.05) is 36.1 Å². The summed E-state index contributed by atoms with van der Waals surface area (Å²) in [4.78, 5) is 18.5. The fraction of sp³-hybridized carbons (Fsp3) is 0.343. The lowest BCUT2D eigenvalue weighted by molar-refractivity contribution is 0.0454. The summed E-state index contributed by atoms with van der Waals surface area (Å²) in [6.45, 7) is 7.36. The van der Waals surface area contributed by atoms with Crippen LogP contribution < -0.4 is 9.46 Å². The van der Waals surface area contributed by atoms with E-state index >= 15 is 0 Å². The molecule has 1 saturated heterocycles. The minimum absolute atomic E-state index is 0.167. The van der Waals surface area contributed by atoms with Gasteiger partial charge < -0.3 is 19.4 Å². The van der Waals surface area contributed by atoms with E-state index < -0.39 is 21.8 Å². The quantitative estimate of drug-likeness (QED) is 0.149. The number of nitrogens with one attached hydrogen (secondary N) is 2. The predicted molar refractivity (Wildman–Crippen MR) is 180 cm³/mol. The van der Waals surface area contributed by atoms with Gasteiger partial charge >= 0.3 is 5.97 Å². The highest BCUT2D eigenvalue weighted by Crippen LogP contribution is 2.33. The summed E-state index contributed by atoms with van der Waals surface area (Å²) in [5, 5.41) is 9.22. The molecule has 1 fully saturated rings. The maximum absolute atomic E-state index is 14.2. The Labute approximate surface area is 279 Å². The summed E-state index contributed by atoms with van der Waals surface area (Å²) in [5.74, 6) is 0.815. The van der Waals surface area contributed by atoms with Crippen LogP contribution in [0, 0.1) is 17.7 Å². The van der Waals surface area contributed by atoms with Crippen molar-refractivity contribution in [2.45, 2.75) is 38.1 Å². The molecule has 0 aliphatic carbocycles. The van der Waals surface area contributed by atoms with Gasteiger partial charge in [-0.3, -0.25) is 4.68 Å². The van der Waals surface area contributed by atoms with E-state index in [1.165, 1.54) is 24.3 Å². The number of aromatic nitrogens is 4. The van der Waals surface area contributed by atoms with E-state index in [0.717, 1.165) is 25.9 Å². The van der Waals surface area contributed by atoms with Crippen LogP contribution in [0.1, 0.15) is 37.2 Å². The first kappa shape index (κ1) is 33.3. The lowest BCUT2D eigenvalue weighted by Gasteiger charge is -2.31. The molecule has 0 unspecified atom stereocenters. The van der Waals surface area contributed by atoms with Gasteiger partial charge in [-0.2, -0.15) is 0 Å². The number of ether oxygens (including phenoxy) is 2. The zero-order valence-electron chi connectivity index (χ0n) is 26.9. The number of carbonyl (C=O) groups is 1. The standard InChI is InChI=1S/C35H39FN6O5S/c1-24(2)23-46-35(43)34-33(30-20-26(36)8-13-31(30)38-34)32-22-42(40-39-32)21-25-14-17-41(18-15-25)19-16-37-48(44,45)29-11-9-28(10-12-29)47-27-6-4-3-5-7-27/h3-13,20,22,24-25,37-38H,14-19,21,23H2,1-2H3. The van der Waals surface area contributed by atoms with Crippen molar-refractivity contribution in [3.63, 3.8) is 0 Å². The van der Waals surface area contributed by atoms with Gasteiger partial charge in [0.1, 0.15) is 28.7 Å². The van der Waals surface area contributed by atoms with Crippen molar-refractivity contribution in [1.82, 2.24) is 29.6 Å². The smallest absolute Gasteiger partial charge is 0.355 e. The van der Waals surface area contributed by atoms with Crippen LogP contribution >= 0.6 is 0 Å². The Morgan fingerprint density at radius 3 is 2.50 bits per heavy atom. The first-order valence-electron chi connectivity index (χ1n) is 16.1.